The second-order valence-electron chi connectivity index (χ2n) is 14.2. The normalized spacial score (nSPS) is 18.9. The lowest BCUT2D eigenvalue weighted by Crippen LogP contribution is -2.54. The maximum Gasteiger partial charge on any atom is 0.0995 e. The first-order valence-electron chi connectivity index (χ1n) is 17.7. The van der Waals surface area contributed by atoms with Crippen molar-refractivity contribution in [2.45, 2.75) is 37.8 Å². The van der Waals surface area contributed by atoms with Gasteiger partial charge in [-0.15, -0.1) is 0 Å². The van der Waals surface area contributed by atoms with Crippen LogP contribution >= 0.6 is 0 Å². The number of rotatable bonds is 5. The summed E-state index contributed by atoms with van der Waals surface area (Å²) in [6.07, 6.45) is -0.229. The molecule has 4 nitrogen and oxygen atoms in total. The second kappa shape index (κ2) is 12.5. The third-order valence-corrected chi connectivity index (χ3v) is 10.8. The van der Waals surface area contributed by atoms with Gasteiger partial charge in [0.05, 0.1) is 30.1 Å². The van der Waals surface area contributed by atoms with Crippen LogP contribution in [0.25, 0.3) is 44.2 Å². The summed E-state index contributed by atoms with van der Waals surface area (Å²) in [7, 11) is 0. The summed E-state index contributed by atoms with van der Waals surface area (Å²) >= 11 is 0. The Kier molecular flexibility index (Phi) is 7.64. The zero-order valence-corrected chi connectivity index (χ0v) is 28.7. The molecular weight excluding hydrogens is 621 g/mol. The molecule has 0 amide bonds. The Hall–Kier alpha value is -5.83. The van der Waals surface area contributed by atoms with Gasteiger partial charge in [0.15, 0.2) is 0 Å². The van der Waals surface area contributed by atoms with Crippen molar-refractivity contribution in [3.05, 3.63) is 191 Å². The molecule has 9 rings (SSSR count). The molecule has 51 heavy (non-hydrogen) atoms. The molecule has 1 heterocycles. The van der Waals surface area contributed by atoms with Gasteiger partial charge in [0.25, 0.3) is 0 Å². The number of nitrogens with one attached hydrogen (secondary N) is 3. The van der Waals surface area contributed by atoms with Gasteiger partial charge < -0.3 is 0 Å². The smallest absolute Gasteiger partial charge is 0.0995 e. The first-order valence-corrected chi connectivity index (χ1v) is 17.7. The molecule has 3 N–H and O–H groups in total. The van der Waals surface area contributed by atoms with E-state index in [1.54, 1.807) is 0 Å². The van der Waals surface area contributed by atoms with Gasteiger partial charge in [-0.1, -0.05) is 159 Å². The summed E-state index contributed by atoms with van der Waals surface area (Å²) in [5, 5.41) is 24.0. The van der Waals surface area contributed by atoms with Crippen LogP contribution in [0.15, 0.2) is 158 Å². The molecule has 7 aromatic rings. The molecule has 0 radical (unpaired) electrons. The number of hydrogen-bond acceptors (Lipinski definition) is 4. The lowest BCUT2D eigenvalue weighted by atomic mass is 9.79. The first kappa shape index (κ1) is 31.2. The molecule has 2 unspecified atom stereocenters. The zero-order chi connectivity index (χ0) is 34.5. The number of benzene rings is 7. The van der Waals surface area contributed by atoms with E-state index in [1.807, 2.05) is 12.1 Å². The highest BCUT2D eigenvalue weighted by Gasteiger charge is 2.38. The molecule has 0 saturated carbocycles. The van der Waals surface area contributed by atoms with E-state index in [2.05, 4.69) is 181 Å². The van der Waals surface area contributed by atoms with Crippen LogP contribution in [0, 0.1) is 11.3 Å². The Morgan fingerprint density at radius 1 is 0.529 bits per heavy atom. The van der Waals surface area contributed by atoms with Gasteiger partial charge in [-0.25, -0.2) is 0 Å². The van der Waals surface area contributed by atoms with Gasteiger partial charge in [-0.3, -0.25) is 16.0 Å². The molecule has 2 aliphatic rings. The van der Waals surface area contributed by atoms with Crippen LogP contribution < -0.4 is 16.0 Å². The molecule has 1 aliphatic carbocycles. The first-order chi connectivity index (χ1) is 25.0. The average molecular weight is 659 g/mol. The lowest BCUT2D eigenvalue weighted by Gasteiger charge is -2.40. The van der Waals surface area contributed by atoms with Gasteiger partial charge in [0, 0.05) is 5.41 Å². The van der Waals surface area contributed by atoms with Crippen LogP contribution in [0.5, 0.6) is 0 Å². The maximum atomic E-state index is 9.90. The van der Waals surface area contributed by atoms with Crippen LogP contribution in [0.4, 0.5) is 0 Å². The monoisotopic (exact) mass is 658 g/mol. The van der Waals surface area contributed by atoms with Crippen LogP contribution in [0.2, 0.25) is 0 Å². The van der Waals surface area contributed by atoms with E-state index in [1.165, 1.54) is 66.4 Å². The number of fused-ring (bicyclic) bond motifs is 4. The third-order valence-electron chi connectivity index (χ3n) is 10.8. The zero-order valence-electron chi connectivity index (χ0n) is 28.7. The summed E-state index contributed by atoms with van der Waals surface area (Å²) in [4.78, 5) is 0. The molecule has 0 aromatic heterocycles. The van der Waals surface area contributed by atoms with E-state index in [-0.39, 0.29) is 23.9 Å². The summed E-state index contributed by atoms with van der Waals surface area (Å²) in [6, 6.07) is 58.8. The number of nitrogens with zero attached hydrogens (tertiary/aromatic N) is 1. The summed E-state index contributed by atoms with van der Waals surface area (Å²) in [5.74, 6) is 0. The highest BCUT2D eigenvalue weighted by atomic mass is 15.4. The highest BCUT2D eigenvalue weighted by molar-refractivity contribution is 5.99. The standard InChI is InChI=1S/C47H38N4/c1-47(2)41-28-35(25-26-38(41)39-19-11-17-36(29-48)43(39)47)30-20-22-32(23-21-30)42-37-18-10-9-12-31(37)24-27-40(42)46-50-44(33-13-5-3-6-14-33)49-45(51-46)34-15-7-4-8-16-34/h3-28,44-46,49-51H,1-2H3. The van der Waals surface area contributed by atoms with E-state index in [4.69, 9.17) is 0 Å². The molecule has 2 atom stereocenters. The Labute approximate surface area is 299 Å². The van der Waals surface area contributed by atoms with Crippen LogP contribution in [-0.4, -0.2) is 0 Å². The summed E-state index contributed by atoms with van der Waals surface area (Å²) in [5.41, 5.74) is 13.6. The quantitative estimate of drug-likeness (QED) is 0.172. The minimum absolute atomic E-state index is 0.0520. The average Bonchev–Trinajstić information content (AvgIpc) is 3.43. The van der Waals surface area contributed by atoms with Crippen LogP contribution in [0.3, 0.4) is 0 Å². The van der Waals surface area contributed by atoms with E-state index in [0.29, 0.717) is 0 Å². The van der Waals surface area contributed by atoms with E-state index < -0.39 is 0 Å². The Bertz CT molecular complexity index is 2400. The lowest BCUT2D eigenvalue weighted by molar-refractivity contribution is 0.203. The molecule has 0 bridgehead atoms. The Morgan fingerprint density at radius 2 is 1.14 bits per heavy atom. The van der Waals surface area contributed by atoms with E-state index in [9.17, 15) is 5.26 Å². The highest BCUT2D eigenvalue weighted by Crippen LogP contribution is 2.51. The minimum atomic E-state index is -0.255. The van der Waals surface area contributed by atoms with Gasteiger partial charge in [-0.05, 0) is 84.1 Å². The fourth-order valence-corrected chi connectivity index (χ4v) is 8.33. The predicted octanol–water partition coefficient (Wildman–Crippen LogP) is 10.5. The van der Waals surface area contributed by atoms with Crippen molar-refractivity contribution >= 4 is 10.8 Å². The van der Waals surface area contributed by atoms with Gasteiger partial charge in [0.1, 0.15) is 0 Å². The molecule has 7 aromatic carbocycles. The number of hydrogen-bond donors (Lipinski definition) is 3. The number of nitriles is 1. The van der Waals surface area contributed by atoms with Crippen molar-refractivity contribution in [2.75, 3.05) is 0 Å². The van der Waals surface area contributed by atoms with Crippen molar-refractivity contribution in [1.82, 2.24) is 16.0 Å². The molecule has 0 spiro atoms. The molecule has 1 fully saturated rings. The predicted molar refractivity (Wildman–Crippen MR) is 208 cm³/mol. The van der Waals surface area contributed by atoms with Crippen molar-refractivity contribution in [2.24, 2.45) is 0 Å². The third kappa shape index (κ3) is 5.35. The van der Waals surface area contributed by atoms with Crippen LogP contribution in [-0.2, 0) is 5.41 Å². The maximum absolute atomic E-state index is 9.90. The molecule has 4 heteroatoms. The van der Waals surface area contributed by atoms with E-state index >= 15 is 0 Å². The van der Waals surface area contributed by atoms with Gasteiger partial charge in [0.2, 0.25) is 0 Å². The molecule has 246 valence electrons. The van der Waals surface area contributed by atoms with Crippen molar-refractivity contribution in [3.63, 3.8) is 0 Å². The second-order valence-corrected chi connectivity index (χ2v) is 14.2. The molecule has 1 aliphatic heterocycles. The van der Waals surface area contributed by atoms with Crippen molar-refractivity contribution < 1.29 is 0 Å². The fourth-order valence-electron chi connectivity index (χ4n) is 8.33. The summed E-state index contributed by atoms with van der Waals surface area (Å²) < 4.78 is 0. The Morgan fingerprint density at radius 3 is 1.82 bits per heavy atom. The molecule has 1 saturated heterocycles. The van der Waals surface area contributed by atoms with Crippen LogP contribution in [0.1, 0.15) is 65.7 Å². The topological polar surface area (TPSA) is 59.9 Å². The SMILES string of the molecule is CC1(C)c2cc(-c3ccc(-c4c(C5NC(c6ccccc6)NC(c6ccccc6)N5)ccc5ccccc45)cc3)ccc2-c2cccc(C#N)c21. The van der Waals surface area contributed by atoms with E-state index in [0.717, 1.165) is 11.1 Å². The van der Waals surface area contributed by atoms with Gasteiger partial charge in [-0.2, -0.15) is 5.26 Å². The summed E-state index contributed by atoms with van der Waals surface area (Å²) in [6.45, 7) is 4.47. The van der Waals surface area contributed by atoms with Crippen molar-refractivity contribution in [3.8, 4) is 39.4 Å². The van der Waals surface area contributed by atoms with Crippen molar-refractivity contribution in [1.29, 1.82) is 5.26 Å². The Balaban J connectivity index is 1.12. The minimum Gasteiger partial charge on any atom is -0.279 e. The fraction of sp³-hybridized carbons (Fsp3) is 0.128. The molecular formula is C47H38N4. The van der Waals surface area contributed by atoms with Gasteiger partial charge >= 0.3 is 0 Å². The largest absolute Gasteiger partial charge is 0.279 e.